The largest absolute Gasteiger partial charge is 0.497 e. The molecule has 34 heavy (non-hydrogen) atoms. The summed E-state index contributed by atoms with van der Waals surface area (Å²) >= 11 is 1.28. The fraction of sp³-hybridized carbons (Fsp3) is 0.360. The van der Waals surface area contributed by atoms with Crippen LogP contribution >= 0.6 is 11.3 Å². The van der Waals surface area contributed by atoms with Gasteiger partial charge >= 0.3 is 0 Å². The molecule has 3 heterocycles. The van der Waals surface area contributed by atoms with E-state index in [9.17, 15) is 14.4 Å². The van der Waals surface area contributed by atoms with E-state index in [1.807, 2.05) is 28.9 Å². The van der Waals surface area contributed by atoms with Crippen molar-refractivity contribution in [3.05, 3.63) is 68.7 Å². The number of thiophene rings is 1. The van der Waals surface area contributed by atoms with Gasteiger partial charge in [0.1, 0.15) is 5.75 Å². The second-order valence-corrected chi connectivity index (χ2v) is 9.67. The number of carbonyl (C=O) groups is 3. The summed E-state index contributed by atoms with van der Waals surface area (Å²) in [5.74, 6) is 0.390. The zero-order valence-corrected chi connectivity index (χ0v) is 20.0. The molecule has 8 nitrogen and oxygen atoms in total. The van der Waals surface area contributed by atoms with Crippen LogP contribution in [-0.2, 0) is 19.5 Å². The lowest BCUT2D eigenvalue weighted by molar-refractivity contribution is 0.0731. The van der Waals surface area contributed by atoms with Crippen LogP contribution in [0.4, 0.5) is 0 Å². The molecule has 1 aliphatic carbocycles. The minimum atomic E-state index is -0.188. The third-order valence-corrected chi connectivity index (χ3v) is 7.24. The molecule has 0 saturated heterocycles. The van der Waals surface area contributed by atoms with E-state index in [1.165, 1.54) is 18.3 Å². The van der Waals surface area contributed by atoms with E-state index in [0.29, 0.717) is 42.2 Å². The van der Waals surface area contributed by atoms with Crippen LogP contribution in [0.5, 0.6) is 5.75 Å². The normalized spacial score (nSPS) is 15.1. The van der Waals surface area contributed by atoms with Crippen LogP contribution in [0.25, 0.3) is 0 Å². The molecule has 176 valence electrons. The van der Waals surface area contributed by atoms with Crippen molar-refractivity contribution in [2.75, 3.05) is 13.7 Å². The molecular weight excluding hydrogens is 452 g/mol. The van der Waals surface area contributed by atoms with Crippen molar-refractivity contribution < 1.29 is 19.1 Å². The lowest BCUT2D eigenvalue weighted by atomic mass is 10.0. The van der Waals surface area contributed by atoms with Crippen molar-refractivity contribution in [1.29, 1.82) is 0 Å². The summed E-state index contributed by atoms with van der Waals surface area (Å²) < 4.78 is 7.22. The average molecular weight is 479 g/mol. The van der Waals surface area contributed by atoms with Gasteiger partial charge < -0.3 is 15.0 Å². The molecule has 1 fully saturated rings. The number of ether oxygens (including phenoxy) is 1. The van der Waals surface area contributed by atoms with Crippen LogP contribution < -0.4 is 10.1 Å². The summed E-state index contributed by atoms with van der Waals surface area (Å²) in [5.41, 5.74) is 3.68. The molecule has 0 spiro atoms. The van der Waals surface area contributed by atoms with Gasteiger partial charge in [0.2, 0.25) is 0 Å². The SMILES string of the molecule is COc1cccc(Cn2nc(C(=O)NC3CC3)c3c2CCN(C(=O)c2csc(C(C)=O)c2)C3)c1. The Morgan fingerprint density at radius 2 is 2.06 bits per heavy atom. The molecule has 2 aromatic heterocycles. The van der Waals surface area contributed by atoms with Crippen molar-refractivity contribution in [3.63, 3.8) is 0 Å². The van der Waals surface area contributed by atoms with Gasteiger partial charge in [-0.2, -0.15) is 5.10 Å². The minimum absolute atomic E-state index is 0.0529. The van der Waals surface area contributed by atoms with Gasteiger partial charge in [0, 0.05) is 35.6 Å². The molecule has 1 N–H and O–H groups in total. The van der Waals surface area contributed by atoms with E-state index in [4.69, 9.17) is 9.84 Å². The minimum Gasteiger partial charge on any atom is -0.497 e. The van der Waals surface area contributed by atoms with E-state index >= 15 is 0 Å². The Hall–Kier alpha value is -3.46. The van der Waals surface area contributed by atoms with Crippen LogP contribution in [0.15, 0.2) is 35.7 Å². The molecular formula is C25H26N4O4S. The molecule has 0 unspecified atom stereocenters. The monoisotopic (exact) mass is 478 g/mol. The van der Waals surface area contributed by atoms with Crippen LogP contribution in [-0.4, -0.2) is 52.0 Å². The van der Waals surface area contributed by atoms with Gasteiger partial charge in [-0.15, -0.1) is 11.3 Å². The maximum Gasteiger partial charge on any atom is 0.272 e. The van der Waals surface area contributed by atoms with Crippen molar-refractivity contribution in [3.8, 4) is 5.75 Å². The first-order valence-electron chi connectivity index (χ1n) is 11.3. The molecule has 1 saturated carbocycles. The van der Waals surface area contributed by atoms with Gasteiger partial charge in [-0.3, -0.25) is 19.1 Å². The second-order valence-electron chi connectivity index (χ2n) is 8.76. The Kier molecular flexibility index (Phi) is 5.95. The molecule has 0 radical (unpaired) electrons. The standard InChI is InChI=1S/C25H26N4O4S/c1-15(30)22-11-17(14-34-22)25(32)28-9-8-21-20(13-28)23(24(31)26-18-6-7-18)27-29(21)12-16-4-3-5-19(10-16)33-2/h3-5,10-11,14,18H,6-9,12-13H2,1-2H3,(H,26,31). The van der Waals surface area contributed by atoms with Gasteiger partial charge in [-0.05, 0) is 43.5 Å². The smallest absolute Gasteiger partial charge is 0.272 e. The van der Waals surface area contributed by atoms with Gasteiger partial charge in [0.25, 0.3) is 11.8 Å². The highest BCUT2D eigenvalue weighted by molar-refractivity contribution is 7.12. The number of Topliss-reactive ketones (excluding diaryl/α,β-unsaturated/α-hetero) is 1. The molecule has 9 heteroatoms. The lowest BCUT2D eigenvalue weighted by Crippen LogP contribution is -2.37. The van der Waals surface area contributed by atoms with Crippen molar-refractivity contribution in [2.24, 2.45) is 0 Å². The fourth-order valence-corrected chi connectivity index (χ4v) is 5.00. The van der Waals surface area contributed by atoms with E-state index in [2.05, 4.69) is 5.32 Å². The molecule has 3 aromatic rings. The summed E-state index contributed by atoms with van der Waals surface area (Å²) in [6.45, 7) is 2.83. The fourth-order valence-electron chi connectivity index (χ4n) is 4.22. The highest BCUT2D eigenvalue weighted by Crippen LogP contribution is 2.28. The summed E-state index contributed by atoms with van der Waals surface area (Å²) in [7, 11) is 1.63. The first-order chi connectivity index (χ1) is 16.4. The maximum atomic E-state index is 13.2. The number of aromatic nitrogens is 2. The van der Waals surface area contributed by atoms with Gasteiger partial charge in [-0.25, -0.2) is 0 Å². The summed E-state index contributed by atoms with van der Waals surface area (Å²) in [6, 6.07) is 9.65. The molecule has 0 bridgehead atoms. The highest BCUT2D eigenvalue weighted by Gasteiger charge is 2.33. The molecule has 2 amide bonds. The number of benzene rings is 1. The number of rotatable bonds is 7. The Morgan fingerprint density at radius 3 is 2.76 bits per heavy atom. The number of ketones is 1. The Bertz CT molecular complexity index is 1270. The third kappa shape index (κ3) is 4.48. The van der Waals surface area contributed by atoms with Crippen molar-refractivity contribution in [2.45, 2.75) is 45.3 Å². The number of fused-ring (bicyclic) bond motifs is 1. The Balaban J connectivity index is 1.44. The van der Waals surface area contributed by atoms with Crippen molar-refractivity contribution >= 4 is 28.9 Å². The zero-order valence-electron chi connectivity index (χ0n) is 19.2. The molecule has 2 aliphatic rings. The first-order valence-corrected chi connectivity index (χ1v) is 12.2. The zero-order chi connectivity index (χ0) is 23.8. The number of hydrogen-bond donors (Lipinski definition) is 1. The number of hydrogen-bond acceptors (Lipinski definition) is 6. The van der Waals surface area contributed by atoms with Gasteiger partial charge in [0.05, 0.1) is 30.6 Å². The molecule has 0 atom stereocenters. The quantitative estimate of drug-likeness (QED) is 0.526. The summed E-state index contributed by atoms with van der Waals surface area (Å²) in [4.78, 5) is 40.1. The average Bonchev–Trinajstić information content (AvgIpc) is 3.38. The van der Waals surface area contributed by atoms with Crippen LogP contribution in [0, 0.1) is 0 Å². The van der Waals surface area contributed by atoms with Crippen LogP contribution in [0.1, 0.15) is 67.1 Å². The predicted molar refractivity (Wildman–Crippen MR) is 128 cm³/mol. The van der Waals surface area contributed by atoms with Crippen molar-refractivity contribution in [1.82, 2.24) is 20.0 Å². The third-order valence-electron chi connectivity index (χ3n) is 6.21. The predicted octanol–water partition coefficient (Wildman–Crippen LogP) is 3.29. The topological polar surface area (TPSA) is 93.5 Å². The summed E-state index contributed by atoms with van der Waals surface area (Å²) in [5, 5.41) is 9.46. The summed E-state index contributed by atoms with van der Waals surface area (Å²) in [6.07, 6.45) is 2.57. The number of amides is 2. The van der Waals surface area contributed by atoms with E-state index < -0.39 is 0 Å². The maximum absolute atomic E-state index is 13.2. The van der Waals surface area contributed by atoms with Crippen LogP contribution in [0.2, 0.25) is 0 Å². The lowest BCUT2D eigenvalue weighted by Gasteiger charge is -2.27. The number of carbonyl (C=O) groups excluding carboxylic acids is 3. The van der Waals surface area contributed by atoms with Gasteiger partial charge in [-0.1, -0.05) is 12.1 Å². The van der Waals surface area contributed by atoms with Gasteiger partial charge in [0.15, 0.2) is 11.5 Å². The number of nitrogens with one attached hydrogen (secondary N) is 1. The highest BCUT2D eigenvalue weighted by atomic mass is 32.1. The van der Waals surface area contributed by atoms with E-state index in [0.717, 1.165) is 35.4 Å². The molecule has 1 aliphatic heterocycles. The van der Waals surface area contributed by atoms with Crippen LogP contribution in [0.3, 0.4) is 0 Å². The number of nitrogens with zero attached hydrogens (tertiary/aromatic N) is 3. The molecule has 1 aromatic carbocycles. The Labute approximate surface area is 201 Å². The second kappa shape index (κ2) is 9.06. The van der Waals surface area contributed by atoms with E-state index in [-0.39, 0.29) is 23.6 Å². The Morgan fingerprint density at radius 1 is 1.24 bits per heavy atom. The number of methoxy groups -OCH3 is 1. The first kappa shape index (κ1) is 22.3. The molecule has 5 rings (SSSR count). The van der Waals surface area contributed by atoms with E-state index in [1.54, 1.807) is 23.5 Å².